The summed E-state index contributed by atoms with van der Waals surface area (Å²) in [6.07, 6.45) is 0. The molecule has 15 heavy (non-hydrogen) atoms. The third kappa shape index (κ3) is 2.21. The lowest BCUT2D eigenvalue weighted by Gasteiger charge is -2.05. The fourth-order valence-electron chi connectivity index (χ4n) is 1.36. The van der Waals surface area contributed by atoms with Crippen LogP contribution in [0, 0.1) is 5.82 Å². The lowest BCUT2D eigenvalue weighted by atomic mass is 10.1. The van der Waals surface area contributed by atoms with Crippen LogP contribution in [0.2, 0.25) is 5.02 Å². The molecule has 0 aliphatic rings. The van der Waals surface area contributed by atoms with Gasteiger partial charge in [-0.15, -0.1) is 0 Å². The smallest absolute Gasteiger partial charge is 0.141 e. The molecule has 2 aromatic rings. The molecule has 3 heteroatoms. The molecule has 2 rings (SSSR count). The Hall–Kier alpha value is -0.860. The zero-order valence-electron chi connectivity index (χ0n) is 7.68. The van der Waals surface area contributed by atoms with E-state index in [1.165, 1.54) is 6.07 Å². The average molecular weight is 286 g/mol. The Bertz CT molecular complexity index is 497. The lowest BCUT2D eigenvalue weighted by molar-refractivity contribution is 0.628. The first-order valence-electron chi connectivity index (χ1n) is 4.38. The van der Waals surface area contributed by atoms with Gasteiger partial charge < -0.3 is 0 Å². The quantitative estimate of drug-likeness (QED) is 0.698. The molecule has 0 amide bonds. The summed E-state index contributed by atoms with van der Waals surface area (Å²) >= 11 is 9.16. The fourth-order valence-corrected chi connectivity index (χ4v) is 2.05. The highest BCUT2D eigenvalue weighted by Gasteiger charge is 2.05. The van der Waals surface area contributed by atoms with Gasteiger partial charge in [-0.05, 0) is 29.3 Å². The molecular weight excluding hydrogens is 278 g/mol. The molecule has 0 atom stereocenters. The molecule has 0 N–H and O–H groups in total. The second-order valence-corrected chi connectivity index (χ2v) is 4.37. The standard InChI is InChI=1S/C12H7BrClF/c13-10-4-2-1-3-9(10)8-5-6-12(15)11(14)7-8/h1-7H. The molecule has 0 heterocycles. The van der Waals surface area contributed by atoms with Crippen LogP contribution in [-0.4, -0.2) is 0 Å². The topological polar surface area (TPSA) is 0 Å². The Kier molecular flexibility index (Phi) is 3.08. The first kappa shape index (κ1) is 10.7. The van der Waals surface area contributed by atoms with Crippen LogP contribution < -0.4 is 0 Å². The molecule has 0 fully saturated rings. The monoisotopic (exact) mass is 284 g/mol. The SMILES string of the molecule is Fc1ccc(-c2ccccc2Br)cc1Cl. The highest BCUT2D eigenvalue weighted by Crippen LogP contribution is 2.30. The van der Waals surface area contributed by atoms with E-state index in [0.717, 1.165) is 15.6 Å². The minimum absolute atomic E-state index is 0.142. The van der Waals surface area contributed by atoms with E-state index in [2.05, 4.69) is 15.9 Å². The van der Waals surface area contributed by atoms with Crippen LogP contribution in [-0.2, 0) is 0 Å². The molecule has 0 aromatic heterocycles. The second-order valence-electron chi connectivity index (χ2n) is 3.11. The Labute approximate surface area is 101 Å². The molecule has 0 radical (unpaired) electrons. The van der Waals surface area contributed by atoms with Crippen LogP contribution in [0.4, 0.5) is 4.39 Å². The summed E-state index contributed by atoms with van der Waals surface area (Å²) in [5, 5.41) is 0.142. The van der Waals surface area contributed by atoms with Crippen molar-refractivity contribution in [2.75, 3.05) is 0 Å². The Morgan fingerprint density at radius 3 is 2.47 bits per heavy atom. The predicted octanol–water partition coefficient (Wildman–Crippen LogP) is 4.91. The van der Waals surface area contributed by atoms with Crippen LogP contribution in [0.15, 0.2) is 46.9 Å². The molecule has 76 valence electrons. The van der Waals surface area contributed by atoms with Gasteiger partial charge in [-0.25, -0.2) is 4.39 Å². The molecule has 0 saturated heterocycles. The van der Waals surface area contributed by atoms with Crippen molar-refractivity contribution in [1.82, 2.24) is 0 Å². The zero-order valence-corrected chi connectivity index (χ0v) is 10.0. The lowest BCUT2D eigenvalue weighted by Crippen LogP contribution is -1.82. The maximum Gasteiger partial charge on any atom is 0.141 e. The van der Waals surface area contributed by atoms with Gasteiger partial charge in [0.15, 0.2) is 0 Å². The molecular formula is C12H7BrClF. The van der Waals surface area contributed by atoms with E-state index in [0.29, 0.717) is 0 Å². The second kappa shape index (κ2) is 4.33. The summed E-state index contributed by atoms with van der Waals surface area (Å²) in [4.78, 5) is 0. The predicted molar refractivity (Wildman–Crippen MR) is 64.5 cm³/mol. The van der Waals surface area contributed by atoms with E-state index in [9.17, 15) is 4.39 Å². The van der Waals surface area contributed by atoms with Crippen LogP contribution in [0.25, 0.3) is 11.1 Å². The molecule has 0 saturated carbocycles. The number of hydrogen-bond donors (Lipinski definition) is 0. The van der Waals surface area contributed by atoms with Crippen molar-refractivity contribution in [2.24, 2.45) is 0 Å². The van der Waals surface area contributed by atoms with E-state index in [1.54, 1.807) is 12.1 Å². The van der Waals surface area contributed by atoms with Gasteiger partial charge in [0.25, 0.3) is 0 Å². The first-order chi connectivity index (χ1) is 7.18. The normalized spacial score (nSPS) is 10.3. The molecule has 0 nitrogen and oxygen atoms in total. The van der Waals surface area contributed by atoms with Crippen molar-refractivity contribution in [1.29, 1.82) is 0 Å². The van der Waals surface area contributed by atoms with Gasteiger partial charge in [-0.1, -0.05) is 51.8 Å². The molecule has 0 spiro atoms. The van der Waals surface area contributed by atoms with E-state index < -0.39 is 5.82 Å². The minimum Gasteiger partial charge on any atom is -0.205 e. The van der Waals surface area contributed by atoms with E-state index in [1.807, 2.05) is 24.3 Å². The molecule has 0 unspecified atom stereocenters. The van der Waals surface area contributed by atoms with Crippen molar-refractivity contribution in [3.05, 3.63) is 57.8 Å². The highest BCUT2D eigenvalue weighted by atomic mass is 79.9. The van der Waals surface area contributed by atoms with Crippen molar-refractivity contribution in [3.63, 3.8) is 0 Å². The maximum atomic E-state index is 13.0. The number of benzene rings is 2. The van der Waals surface area contributed by atoms with Crippen molar-refractivity contribution in [2.45, 2.75) is 0 Å². The van der Waals surface area contributed by atoms with Crippen LogP contribution >= 0.6 is 27.5 Å². The fraction of sp³-hybridized carbons (Fsp3) is 0. The summed E-state index contributed by atoms with van der Waals surface area (Å²) < 4.78 is 13.9. The number of hydrogen-bond acceptors (Lipinski definition) is 0. The molecule has 2 aromatic carbocycles. The van der Waals surface area contributed by atoms with Gasteiger partial charge in [0, 0.05) is 4.47 Å². The van der Waals surface area contributed by atoms with E-state index in [-0.39, 0.29) is 5.02 Å². The highest BCUT2D eigenvalue weighted by molar-refractivity contribution is 9.10. The van der Waals surface area contributed by atoms with Gasteiger partial charge in [-0.3, -0.25) is 0 Å². The third-order valence-corrected chi connectivity index (χ3v) is 3.09. The first-order valence-corrected chi connectivity index (χ1v) is 5.55. The largest absolute Gasteiger partial charge is 0.205 e. The summed E-state index contributed by atoms with van der Waals surface area (Å²) in [7, 11) is 0. The molecule has 0 aliphatic heterocycles. The van der Waals surface area contributed by atoms with E-state index in [4.69, 9.17) is 11.6 Å². The Morgan fingerprint density at radius 2 is 1.80 bits per heavy atom. The molecule has 0 bridgehead atoms. The van der Waals surface area contributed by atoms with Crippen molar-refractivity contribution in [3.8, 4) is 11.1 Å². The number of rotatable bonds is 1. The van der Waals surface area contributed by atoms with Gasteiger partial charge >= 0.3 is 0 Å². The van der Waals surface area contributed by atoms with E-state index >= 15 is 0 Å². The van der Waals surface area contributed by atoms with Crippen LogP contribution in [0.5, 0.6) is 0 Å². The van der Waals surface area contributed by atoms with Gasteiger partial charge in [-0.2, -0.15) is 0 Å². The third-order valence-electron chi connectivity index (χ3n) is 2.10. The summed E-state index contributed by atoms with van der Waals surface area (Å²) in [5.74, 6) is -0.396. The zero-order chi connectivity index (χ0) is 10.8. The van der Waals surface area contributed by atoms with Gasteiger partial charge in [0.1, 0.15) is 5.82 Å². The van der Waals surface area contributed by atoms with Crippen molar-refractivity contribution >= 4 is 27.5 Å². The van der Waals surface area contributed by atoms with Crippen LogP contribution in [0.1, 0.15) is 0 Å². The van der Waals surface area contributed by atoms with Crippen LogP contribution in [0.3, 0.4) is 0 Å². The summed E-state index contributed by atoms with van der Waals surface area (Å²) in [6, 6.07) is 12.5. The maximum absolute atomic E-state index is 13.0. The van der Waals surface area contributed by atoms with Gasteiger partial charge in [0.2, 0.25) is 0 Å². The Balaban J connectivity index is 2.55. The number of halogens is 3. The minimum atomic E-state index is -0.396. The summed E-state index contributed by atoms with van der Waals surface area (Å²) in [5.41, 5.74) is 1.90. The average Bonchev–Trinajstić information content (AvgIpc) is 2.23. The van der Waals surface area contributed by atoms with Crippen molar-refractivity contribution < 1.29 is 4.39 Å². The van der Waals surface area contributed by atoms with Gasteiger partial charge in [0.05, 0.1) is 5.02 Å². The summed E-state index contributed by atoms with van der Waals surface area (Å²) in [6.45, 7) is 0. The molecule has 0 aliphatic carbocycles. The Morgan fingerprint density at radius 1 is 1.07 bits per heavy atom.